The van der Waals surface area contributed by atoms with Crippen LogP contribution in [0.2, 0.25) is 0 Å². The summed E-state index contributed by atoms with van der Waals surface area (Å²) in [5.41, 5.74) is 0.336. The molecular weight excluding hydrogens is 216 g/mol. The summed E-state index contributed by atoms with van der Waals surface area (Å²) in [4.78, 5) is 12.0. The van der Waals surface area contributed by atoms with E-state index in [1.807, 2.05) is 25.1 Å². The van der Waals surface area contributed by atoms with E-state index in [2.05, 4.69) is 0 Å². The van der Waals surface area contributed by atoms with Gasteiger partial charge in [-0.2, -0.15) is 0 Å². The first-order chi connectivity index (χ1) is 7.95. The van der Waals surface area contributed by atoms with Gasteiger partial charge in [0.25, 0.3) is 0 Å². The van der Waals surface area contributed by atoms with E-state index >= 15 is 0 Å². The number of carbonyl (C=O) groups excluding carboxylic acids is 1. The van der Waals surface area contributed by atoms with Gasteiger partial charge in [-0.3, -0.25) is 4.79 Å². The molecule has 0 amide bonds. The van der Waals surface area contributed by atoms with Crippen molar-refractivity contribution in [3.63, 3.8) is 0 Å². The largest absolute Gasteiger partial charge is 0.453 e. The van der Waals surface area contributed by atoms with Crippen molar-refractivity contribution in [2.24, 2.45) is 0 Å². The lowest BCUT2D eigenvalue weighted by atomic mass is 9.96. The fourth-order valence-corrected chi connectivity index (χ4v) is 1.75. The molecule has 0 bridgehead atoms. The third-order valence-electron chi connectivity index (χ3n) is 3.14. The van der Waals surface area contributed by atoms with E-state index in [-0.39, 0.29) is 11.5 Å². The van der Waals surface area contributed by atoms with Crippen LogP contribution in [0.5, 0.6) is 0 Å². The van der Waals surface area contributed by atoms with Gasteiger partial charge in [-0.1, -0.05) is 25.1 Å². The first kappa shape index (κ1) is 11.9. The van der Waals surface area contributed by atoms with E-state index in [1.165, 1.54) is 6.92 Å². The summed E-state index contributed by atoms with van der Waals surface area (Å²) in [5, 5.41) is 10.8. The summed E-state index contributed by atoms with van der Waals surface area (Å²) >= 11 is 0. The predicted molar refractivity (Wildman–Crippen MR) is 66.2 cm³/mol. The molecule has 2 rings (SSSR count). The maximum absolute atomic E-state index is 12.0. The number of para-hydroxylation sites is 1. The Kier molecular flexibility index (Phi) is 2.79. The Hall–Kier alpha value is -1.61. The highest BCUT2D eigenvalue weighted by Gasteiger charge is 2.31. The molecule has 0 aliphatic carbocycles. The third kappa shape index (κ3) is 1.98. The number of carbonyl (C=O) groups is 1. The topological polar surface area (TPSA) is 50.4 Å². The van der Waals surface area contributed by atoms with E-state index in [0.29, 0.717) is 12.0 Å². The second kappa shape index (κ2) is 4.00. The van der Waals surface area contributed by atoms with Crippen molar-refractivity contribution in [2.75, 3.05) is 0 Å². The fraction of sp³-hybridized carbons (Fsp3) is 0.357. The van der Waals surface area contributed by atoms with Gasteiger partial charge in [0.05, 0.1) is 0 Å². The summed E-state index contributed by atoms with van der Waals surface area (Å²) in [6.07, 6.45) is 0.363. The lowest BCUT2D eigenvalue weighted by Crippen LogP contribution is -2.33. The molecule has 0 aliphatic rings. The molecule has 3 heteroatoms. The minimum atomic E-state index is -1.36. The Morgan fingerprint density at radius 3 is 2.76 bits per heavy atom. The Labute approximate surface area is 100 Å². The van der Waals surface area contributed by atoms with Crippen molar-refractivity contribution in [2.45, 2.75) is 32.8 Å². The summed E-state index contributed by atoms with van der Waals surface area (Å²) < 4.78 is 5.54. The highest BCUT2D eigenvalue weighted by Crippen LogP contribution is 2.26. The maximum Gasteiger partial charge on any atom is 0.229 e. The highest BCUT2D eigenvalue weighted by atomic mass is 16.4. The number of hydrogen-bond donors (Lipinski definition) is 1. The van der Waals surface area contributed by atoms with Gasteiger partial charge in [0.15, 0.2) is 5.76 Å². The van der Waals surface area contributed by atoms with Crippen LogP contribution in [0.25, 0.3) is 11.0 Å². The first-order valence-corrected chi connectivity index (χ1v) is 5.72. The number of fused-ring (bicyclic) bond motifs is 1. The number of hydrogen-bond acceptors (Lipinski definition) is 3. The van der Waals surface area contributed by atoms with Crippen molar-refractivity contribution in [1.29, 1.82) is 0 Å². The van der Waals surface area contributed by atoms with Crippen molar-refractivity contribution in [1.82, 2.24) is 0 Å². The number of benzene rings is 1. The molecule has 17 heavy (non-hydrogen) atoms. The van der Waals surface area contributed by atoms with E-state index in [4.69, 9.17) is 4.42 Å². The molecule has 0 saturated carbocycles. The maximum atomic E-state index is 12.0. The quantitative estimate of drug-likeness (QED) is 0.827. The average Bonchev–Trinajstić information content (AvgIpc) is 2.73. The molecule has 90 valence electrons. The summed E-state index contributed by atoms with van der Waals surface area (Å²) in [7, 11) is 0. The van der Waals surface area contributed by atoms with Crippen LogP contribution >= 0.6 is 0 Å². The summed E-state index contributed by atoms with van der Waals surface area (Å²) in [6, 6.07) is 7.43. The van der Waals surface area contributed by atoms with Crippen LogP contribution in [0.1, 0.15) is 36.4 Å². The molecule has 1 atom stereocenters. The molecule has 0 aliphatic heterocycles. The molecule has 1 aromatic carbocycles. The van der Waals surface area contributed by atoms with Crippen molar-refractivity contribution in [3.05, 3.63) is 35.6 Å². The molecule has 3 nitrogen and oxygen atoms in total. The van der Waals surface area contributed by atoms with Crippen LogP contribution in [0, 0.1) is 6.92 Å². The Balaban J connectivity index is 2.51. The molecule has 1 N–H and O–H groups in total. The molecule has 0 spiro atoms. The molecule has 1 unspecified atom stereocenters. The Morgan fingerprint density at radius 2 is 2.18 bits per heavy atom. The lowest BCUT2D eigenvalue weighted by molar-refractivity contribution is 0.0365. The Morgan fingerprint density at radius 1 is 1.47 bits per heavy atom. The normalized spacial score (nSPS) is 14.8. The number of aliphatic hydroxyl groups is 1. The number of furan rings is 1. The molecule has 2 aromatic rings. The van der Waals surface area contributed by atoms with E-state index in [1.54, 1.807) is 13.0 Å². The summed E-state index contributed by atoms with van der Waals surface area (Å²) in [6.45, 7) is 5.21. The number of aryl methyl sites for hydroxylation is 1. The zero-order chi connectivity index (χ0) is 12.6. The van der Waals surface area contributed by atoms with Crippen LogP contribution in [0.15, 0.2) is 28.7 Å². The number of rotatable bonds is 3. The van der Waals surface area contributed by atoms with Crippen LogP contribution in [-0.2, 0) is 0 Å². The van der Waals surface area contributed by atoms with Crippen molar-refractivity contribution >= 4 is 16.8 Å². The lowest BCUT2D eigenvalue weighted by Gasteiger charge is -2.17. The van der Waals surface area contributed by atoms with E-state index < -0.39 is 5.60 Å². The van der Waals surface area contributed by atoms with Crippen LogP contribution in [0.3, 0.4) is 0 Å². The second-order valence-corrected chi connectivity index (χ2v) is 4.56. The zero-order valence-electron chi connectivity index (χ0n) is 10.3. The van der Waals surface area contributed by atoms with Gasteiger partial charge in [-0.25, -0.2) is 0 Å². The van der Waals surface area contributed by atoms with E-state index in [9.17, 15) is 9.90 Å². The second-order valence-electron chi connectivity index (χ2n) is 4.56. The van der Waals surface area contributed by atoms with Gasteiger partial charge >= 0.3 is 0 Å². The number of ketones is 1. The third-order valence-corrected chi connectivity index (χ3v) is 3.14. The number of Topliss-reactive ketones (excluding diaryl/α,β-unsaturated/α-hetero) is 1. The molecule has 0 radical (unpaired) electrons. The van der Waals surface area contributed by atoms with Gasteiger partial charge in [-0.15, -0.1) is 0 Å². The van der Waals surface area contributed by atoms with Crippen LogP contribution in [-0.4, -0.2) is 16.5 Å². The van der Waals surface area contributed by atoms with Crippen LogP contribution < -0.4 is 0 Å². The van der Waals surface area contributed by atoms with Crippen molar-refractivity contribution < 1.29 is 14.3 Å². The minimum absolute atomic E-state index is 0.223. The van der Waals surface area contributed by atoms with Gasteiger partial charge in [-0.05, 0) is 31.9 Å². The monoisotopic (exact) mass is 232 g/mol. The van der Waals surface area contributed by atoms with Gasteiger partial charge in [0.2, 0.25) is 5.78 Å². The standard InChI is InChI=1S/C14H16O3/c1-4-14(3,16)13(15)11-8-10-7-5-6-9(2)12(10)17-11/h5-8,16H,4H2,1-3H3. The molecule has 0 fully saturated rings. The molecule has 0 saturated heterocycles. The highest BCUT2D eigenvalue weighted by molar-refractivity contribution is 6.02. The van der Waals surface area contributed by atoms with Crippen molar-refractivity contribution in [3.8, 4) is 0 Å². The fourth-order valence-electron chi connectivity index (χ4n) is 1.75. The summed E-state index contributed by atoms with van der Waals surface area (Å²) in [5.74, 6) is -0.142. The Bertz CT molecular complexity index is 564. The predicted octanol–water partition coefficient (Wildman–Crippen LogP) is 3.08. The SMILES string of the molecule is CCC(C)(O)C(=O)c1cc2cccc(C)c2o1. The molecular formula is C14H16O3. The molecule has 1 heterocycles. The zero-order valence-corrected chi connectivity index (χ0v) is 10.3. The van der Waals surface area contributed by atoms with E-state index in [0.717, 1.165) is 10.9 Å². The van der Waals surface area contributed by atoms with Gasteiger partial charge in [0.1, 0.15) is 11.2 Å². The first-order valence-electron chi connectivity index (χ1n) is 5.72. The minimum Gasteiger partial charge on any atom is -0.453 e. The average molecular weight is 232 g/mol. The van der Waals surface area contributed by atoms with Gasteiger partial charge in [0, 0.05) is 5.39 Å². The van der Waals surface area contributed by atoms with Crippen LogP contribution in [0.4, 0.5) is 0 Å². The smallest absolute Gasteiger partial charge is 0.229 e. The van der Waals surface area contributed by atoms with Gasteiger partial charge < -0.3 is 9.52 Å². The molecule has 1 aromatic heterocycles.